The Kier molecular flexibility index (Phi) is 6.85. The number of carbonyl (C=O) groups excluding carboxylic acids is 1. The number of hydrogen-bond donors (Lipinski definition) is 2. The Hall–Kier alpha value is -2.87. The first kappa shape index (κ1) is 24.4. The topological polar surface area (TPSA) is 197 Å². The fourth-order valence-electron chi connectivity index (χ4n) is 2.68. The van der Waals surface area contributed by atoms with Crippen LogP contribution in [0.3, 0.4) is 0 Å². The first-order valence-electron chi connectivity index (χ1n) is 7.84. The normalized spacial score (nSPS) is 12.1. The fraction of sp³-hybridized carbons (Fsp3) is 0. The number of para-hydroxylation sites is 1. The molecule has 1 radical (unpaired) electrons. The number of carboxylic acid groups (broad SMARTS) is 1. The number of rotatable bonds is 5. The van der Waals surface area contributed by atoms with Gasteiger partial charge in [-0.05, 0) is 29.8 Å². The summed E-state index contributed by atoms with van der Waals surface area (Å²) in [6, 6.07) is 8.65. The largest absolute Gasteiger partial charge is 2.00 e. The molecular weight excluding hydrogens is 495 g/mol. The van der Waals surface area contributed by atoms with Crippen molar-refractivity contribution in [3.8, 4) is 5.75 Å². The van der Waals surface area contributed by atoms with Gasteiger partial charge in [-0.25, -0.2) is 0 Å². The molecule has 0 aliphatic carbocycles. The number of azo groups is 1. The Morgan fingerprint density at radius 1 is 0.839 bits per heavy atom. The molecule has 0 aliphatic rings. The van der Waals surface area contributed by atoms with Crippen LogP contribution in [0.1, 0.15) is 10.4 Å². The number of hydrogen-bond acceptors (Lipinski definition) is 9. The molecule has 0 saturated carbocycles. The van der Waals surface area contributed by atoms with Crippen LogP contribution < -0.4 is 10.2 Å². The Balaban J connectivity index is 0.00000341. The van der Waals surface area contributed by atoms with Gasteiger partial charge in [-0.15, -0.1) is 0 Å². The van der Waals surface area contributed by atoms with Crippen molar-refractivity contribution in [3.63, 3.8) is 0 Å². The zero-order chi connectivity index (χ0) is 22.3. The number of fused-ring (bicyclic) bond motifs is 1. The zero-order valence-electron chi connectivity index (χ0n) is 15.0. The van der Waals surface area contributed by atoms with Gasteiger partial charge in [0.05, 0.1) is 17.3 Å². The maximum absolute atomic E-state index is 12.0. The summed E-state index contributed by atoms with van der Waals surface area (Å²) in [7, 11) is -9.62. The molecule has 0 fully saturated rings. The van der Waals surface area contributed by atoms with Gasteiger partial charge < -0.3 is 15.0 Å². The minimum atomic E-state index is -4.85. The first-order chi connectivity index (χ1) is 13.9. The molecule has 31 heavy (non-hydrogen) atoms. The number of carboxylic acids is 1. The third-order valence-electron chi connectivity index (χ3n) is 3.95. The standard InChI is InChI=1S/C17H12N2O9S2.Mn/c20-16-11(17(21)22)4-1-5-13(16)19-18-9-7-12-10(15(8-9)30(26,27)28)3-2-6-14(12)29(23,24)25;/h1-8,20H,(H,21,22)(H,23,24,25)(H,26,27,28);/q;+2/p-2. The molecule has 0 heterocycles. The van der Waals surface area contributed by atoms with Crippen LogP contribution in [-0.4, -0.2) is 31.9 Å². The van der Waals surface area contributed by atoms with Gasteiger partial charge in [0, 0.05) is 10.8 Å². The van der Waals surface area contributed by atoms with Crippen molar-refractivity contribution in [3.05, 3.63) is 54.1 Å². The average molecular weight is 505 g/mol. The van der Waals surface area contributed by atoms with Gasteiger partial charge in [0.25, 0.3) is 20.2 Å². The first-order valence-corrected chi connectivity index (χ1v) is 10.7. The average Bonchev–Trinajstić information content (AvgIpc) is 2.64. The molecule has 0 aromatic heterocycles. The van der Waals surface area contributed by atoms with E-state index in [9.17, 15) is 40.9 Å². The van der Waals surface area contributed by atoms with Gasteiger partial charge >= 0.3 is 17.1 Å². The minimum absolute atomic E-state index is 0. The van der Waals surface area contributed by atoms with Crippen molar-refractivity contribution in [1.29, 1.82) is 0 Å². The molecule has 0 saturated heterocycles. The molecule has 14 heteroatoms. The molecule has 11 nitrogen and oxygen atoms in total. The second kappa shape index (κ2) is 8.70. The van der Waals surface area contributed by atoms with Crippen LogP contribution in [0.2, 0.25) is 0 Å². The van der Waals surface area contributed by atoms with E-state index in [1.54, 1.807) is 0 Å². The summed E-state index contributed by atoms with van der Waals surface area (Å²) in [5.41, 5.74) is -1.38. The Morgan fingerprint density at radius 3 is 2.03 bits per heavy atom. The van der Waals surface area contributed by atoms with E-state index in [1.807, 2.05) is 0 Å². The Morgan fingerprint density at radius 2 is 1.45 bits per heavy atom. The van der Waals surface area contributed by atoms with Crippen LogP contribution >= 0.6 is 0 Å². The summed E-state index contributed by atoms with van der Waals surface area (Å²) in [6.45, 7) is 0. The van der Waals surface area contributed by atoms with Crippen molar-refractivity contribution < 1.29 is 58.0 Å². The molecule has 161 valence electrons. The van der Waals surface area contributed by atoms with Gasteiger partial charge in [-0.3, -0.25) is 9.11 Å². The molecule has 0 spiro atoms. The second-order valence-corrected chi connectivity index (χ2v) is 8.67. The number of benzene rings is 3. The summed E-state index contributed by atoms with van der Waals surface area (Å²) in [5.74, 6) is -2.73. The molecule has 3 aromatic carbocycles. The number of nitrogens with zero attached hydrogens (tertiary/aromatic N) is 2. The van der Waals surface area contributed by atoms with Crippen molar-refractivity contribution in [2.45, 2.75) is 9.79 Å². The number of aromatic carboxylic acids is 1. The molecule has 2 N–H and O–H groups in total. The van der Waals surface area contributed by atoms with Crippen molar-refractivity contribution in [2.24, 2.45) is 10.2 Å². The fourth-order valence-corrected chi connectivity index (χ4v) is 4.10. The van der Waals surface area contributed by atoms with E-state index in [1.165, 1.54) is 12.1 Å². The molecule has 3 aromatic rings. The van der Waals surface area contributed by atoms with E-state index in [4.69, 9.17) is 0 Å². The minimum Gasteiger partial charge on any atom is -0.871 e. The van der Waals surface area contributed by atoms with Gasteiger partial charge in [-0.1, -0.05) is 30.0 Å². The van der Waals surface area contributed by atoms with E-state index in [2.05, 4.69) is 10.2 Å². The second-order valence-electron chi connectivity index (χ2n) is 5.89. The van der Waals surface area contributed by atoms with Gasteiger partial charge in [0.2, 0.25) is 0 Å². The molecule has 0 amide bonds. The number of carbonyl (C=O) groups is 1. The molecule has 0 bridgehead atoms. The van der Waals surface area contributed by atoms with Crippen LogP contribution in [0, 0.1) is 0 Å². The van der Waals surface area contributed by atoms with E-state index in [-0.39, 0.29) is 33.5 Å². The SMILES string of the molecule is O=C([O-])c1cccc(N=Nc2cc(S(=O)(=O)O)c3cccc(S(=O)(=O)O)c3c2)c1[O-].[Mn+2]. The monoisotopic (exact) mass is 505 g/mol. The molecule has 3 rings (SSSR count). The quantitative estimate of drug-likeness (QED) is 0.290. The van der Waals surface area contributed by atoms with Crippen molar-refractivity contribution >= 4 is 48.4 Å². The molecular formula is C17H10MnN2O9S2. The third-order valence-corrected chi connectivity index (χ3v) is 5.75. The van der Waals surface area contributed by atoms with Crippen molar-refractivity contribution in [1.82, 2.24) is 0 Å². The maximum atomic E-state index is 12.0. The summed E-state index contributed by atoms with van der Waals surface area (Å²) in [4.78, 5) is 9.56. The van der Waals surface area contributed by atoms with E-state index < -0.39 is 53.0 Å². The predicted molar refractivity (Wildman–Crippen MR) is 98.0 cm³/mol. The Labute approximate surface area is 186 Å². The Bertz CT molecular complexity index is 1440. The van der Waals surface area contributed by atoms with E-state index >= 15 is 0 Å². The van der Waals surface area contributed by atoms with Gasteiger partial charge in [0.1, 0.15) is 9.79 Å². The summed E-state index contributed by atoms with van der Waals surface area (Å²) < 4.78 is 65.7. The molecule has 0 atom stereocenters. The maximum Gasteiger partial charge on any atom is 2.00 e. The van der Waals surface area contributed by atoms with Crippen molar-refractivity contribution in [2.75, 3.05) is 0 Å². The van der Waals surface area contributed by atoms with Crippen LogP contribution in [0.5, 0.6) is 5.75 Å². The van der Waals surface area contributed by atoms with Crippen LogP contribution in [0.15, 0.2) is 68.6 Å². The molecule has 0 unspecified atom stereocenters. The summed E-state index contributed by atoms with van der Waals surface area (Å²) in [5, 5.41) is 29.7. The third kappa shape index (κ3) is 5.07. The van der Waals surface area contributed by atoms with Crippen LogP contribution in [0.25, 0.3) is 10.8 Å². The van der Waals surface area contributed by atoms with E-state index in [0.717, 1.165) is 36.4 Å². The van der Waals surface area contributed by atoms with Crippen LogP contribution in [-0.2, 0) is 37.3 Å². The molecule has 0 aliphatic heterocycles. The van der Waals surface area contributed by atoms with Gasteiger partial charge in [0.15, 0.2) is 0 Å². The zero-order valence-corrected chi connectivity index (χ0v) is 17.8. The smallest absolute Gasteiger partial charge is 0.871 e. The predicted octanol–water partition coefficient (Wildman–Crippen LogP) is 1.18. The van der Waals surface area contributed by atoms with E-state index in [0.29, 0.717) is 0 Å². The summed E-state index contributed by atoms with van der Waals surface area (Å²) >= 11 is 0. The van der Waals surface area contributed by atoms with Gasteiger partial charge in [-0.2, -0.15) is 27.1 Å². The van der Waals surface area contributed by atoms with Crippen LogP contribution in [0.4, 0.5) is 11.4 Å². The summed E-state index contributed by atoms with van der Waals surface area (Å²) in [6.07, 6.45) is 0.